The Kier molecular flexibility index (Phi) is 5.26. The van der Waals surface area contributed by atoms with Crippen molar-refractivity contribution < 1.29 is 4.74 Å². The van der Waals surface area contributed by atoms with Crippen LogP contribution in [-0.2, 0) is 6.42 Å². The minimum absolute atomic E-state index is 0.577. The molecule has 0 amide bonds. The van der Waals surface area contributed by atoms with E-state index in [1.165, 1.54) is 31.2 Å². The zero-order valence-corrected chi connectivity index (χ0v) is 12.5. The van der Waals surface area contributed by atoms with Crippen LogP contribution in [0.2, 0.25) is 0 Å². The second-order valence-corrected chi connectivity index (χ2v) is 6.07. The van der Waals surface area contributed by atoms with Gasteiger partial charge in [0, 0.05) is 6.04 Å². The number of hydrogen-bond donors (Lipinski definition) is 1. The van der Waals surface area contributed by atoms with Crippen molar-refractivity contribution in [2.75, 3.05) is 13.7 Å². The fourth-order valence-electron chi connectivity index (χ4n) is 2.81. The van der Waals surface area contributed by atoms with E-state index >= 15 is 0 Å². The van der Waals surface area contributed by atoms with Crippen LogP contribution in [0.4, 0.5) is 0 Å². The SMILES string of the molecule is COc1cccc(CC(CNC(C)C)C2CCC2)c1. The Hall–Kier alpha value is -1.02. The highest BCUT2D eigenvalue weighted by atomic mass is 16.5. The number of rotatable bonds is 7. The maximum atomic E-state index is 5.32. The maximum absolute atomic E-state index is 5.32. The Bertz CT molecular complexity index is 385. The summed E-state index contributed by atoms with van der Waals surface area (Å²) in [5.74, 6) is 2.65. The van der Waals surface area contributed by atoms with E-state index in [4.69, 9.17) is 4.74 Å². The molecule has 0 saturated heterocycles. The van der Waals surface area contributed by atoms with Crippen LogP contribution in [0.25, 0.3) is 0 Å². The van der Waals surface area contributed by atoms with Crippen molar-refractivity contribution in [3.8, 4) is 5.75 Å². The van der Waals surface area contributed by atoms with Gasteiger partial charge in [0.2, 0.25) is 0 Å². The van der Waals surface area contributed by atoms with E-state index < -0.39 is 0 Å². The van der Waals surface area contributed by atoms with Gasteiger partial charge in [-0.1, -0.05) is 45.2 Å². The Labute approximate surface area is 117 Å². The fourth-order valence-corrected chi connectivity index (χ4v) is 2.81. The molecule has 2 rings (SSSR count). The molecule has 1 aliphatic rings. The average molecular weight is 261 g/mol. The van der Waals surface area contributed by atoms with Crippen LogP contribution in [0.1, 0.15) is 38.7 Å². The first-order valence-electron chi connectivity index (χ1n) is 7.55. The summed E-state index contributed by atoms with van der Waals surface area (Å²) < 4.78 is 5.32. The molecule has 1 fully saturated rings. The van der Waals surface area contributed by atoms with Gasteiger partial charge >= 0.3 is 0 Å². The standard InChI is InChI=1S/C17H27NO/c1-13(2)18-12-16(15-7-5-8-15)10-14-6-4-9-17(11-14)19-3/h4,6,9,11,13,15-16,18H,5,7-8,10,12H2,1-3H3. The molecule has 0 heterocycles. The largest absolute Gasteiger partial charge is 0.497 e. The van der Waals surface area contributed by atoms with Gasteiger partial charge in [0.1, 0.15) is 5.75 Å². The topological polar surface area (TPSA) is 21.3 Å². The van der Waals surface area contributed by atoms with Gasteiger partial charge in [-0.15, -0.1) is 0 Å². The molecule has 1 aliphatic carbocycles. The third kappa shape index (κ3) is 4.24. The number of hydrogen-bond acceptors (Lipinski definition) is 2. The number of methoxy groups -OCH3 is 1. The Morgan fingerprint density at radius 1 is 1.32 bits per heavy atom. The minimum atomic E-state index is 0.577. The molecule has 19 heavy (non-hydrogen) atoms. The number of nitrogens with one attached hydrogen (secondary N) is 1. The summed E-state index contributed by atoms with van der Waals surface area (Å²) in [6, 6.07) is 9.11. The molecule has 2 heteroatoms. The van der Waals surface area contributed by atoms with Crippen molar-refractivity contribution in [1.29, 1.82) is 0 Å². The van der Waals surface area contributed by atoms with Crippen molar-refractivity contribution in [3.05, 3.63) is 29.8 Å². The van der Waals surface area contributed by atoms with Gasteiger partial charge < -0.3 is 10.1 Å². The second kappa shape index (κ2) is 6.95. The van der Waals surface area contributed by atoms with Gasteiger partial charge in [-0.05, 0) is 42.5 Å². The summed E-state index contributed by atoms with van der Waals surface area (Å²) in [4.78, 5) is 0. The quantitative estimate of drug-likeness (QED) is 0.809. The van der Waals surface area contributed by atoms with E-state index in [0.717, 1.165) is 24.1 Å². The molecular formula is C17H27NO. The predicted octanol–water partition coefficient (Wildman–Crippen LogP) is 3.65. The fraction of sp³-hybridized carbons (Fsp3) is 0.647. The van der Waals surface area contributed by atoms with E-state index in [0.29, 0.717) is 6.04 Å². The molecule has 1 atom stereocenters. The minimum Gasteiger partial charge on any atom is -0.497 e. The smallest absolute Gasteiger partial charge is 0.119 e. The monoisotopic (exact) mass is 261 g/mol. The average Bonchev–Trinajstić information content (AvgIpc) is 2.34. The number of ether oxygens (including phenoxy) is 1. The normalized spacial score (nSPS) is 17.3. The lowest BCUT2D eigenvalue weighted by Gasteiger charge is -2.34. The zero-order chi connectivity index (χ0) is 13.7. The molecule has 0 spiro atoms. The van der Waals surface area contributed by atoms with Crippen LogP contribution in [0.3, 0.4) is 0 Å². The van der Waals surface area contributed by atoms with Crippen molar-refractivity contribution >= 4 is 0 Å². The summed E-state index contributed by atoms with van der Waals surface area (Å²) >= 11 is 0. The first kappa shape index (κ1) is 14.4. The van der Waals surface area contributed by atoms with Gasteiger partial charge in [0.25, 0.3) is 0 Å². The molecule has 0 aromatic heterocycles. The highest BCUT2D eigenvalue weighted by Crippen LogP contribution is 2.35. The number of benzene rings is 1. The molecule has 1 unspecified atom stereocenters. The van der Waals surface area contributed by atoms with E-state index in [2.05, 4.69) is 37.4 Å². The molecule has 0 bridgehead atoms. The molecular weight excluding hydrogens is 234 g/mol. The lowest BCUT2D eigenvalue weighted by Crippen LogP contribution is -2.36. The molecule has 1 aromatic rings. The summed E-state index contributed by atoms with van der Waals surface area (Å²) in [5, 5.41) is 3.61. The Balaban J connectivity index is 1.97. The maximum Gasteiger partial charge on any atom is 0.119 e. The summed E-state index contributed by atoms with van der Waals surface area (Å²) in [7, 11) is 1.74. The highest BCUT2D eigenvalue weighted by molar-refractivity contribution is 5.28. The van der Waals surface area contributed by atoms with Gasteiger partial charge in [-0.2, -0.15) is 0 Å². The first-order chi connectivity index (χ1) is 9.19. The lowest BCUT2D eigenvalue weighted by molar-refractivity contribution is 0.197. The molecule has 1 saturated carbocycles. The Morgan fingerprint density at radius 3 is 2.68 bits per heavy atom. The van der Waals surface area contributed by atoms with Crippen molar-refractivity contribution in [3.63, 3.8) is 0 Å². The van der Waals surface area contributed by atoms with Crippen molar-refractivity contribution in [2.24, 2.45) is 11.8 Å². The third-order valence-corrected chi connectivity index (χ3v) is 4.24. The van der Waals surface area contributed by atoms with Crippen molar-refractivity contribution in [1.82, 2.24) is 5.32 Å². The molecule has 106 valence electrons. The molecule has 1 aromatic carbocycles. The van der Waals surface area contributed by atoms with Crippen LogP contribution in [0.5, 0.6) is 5.75 Å². The van der Waals surface area contributed by atoms with E-state index in [-0.39, 0.29) is 0 Å². The highest BCUT2D eigenvalue weighted by Gasteiger charge is 2.27. The molecule has 0 aliphatic heterocycles. The van der Waals surface area contributed by atoms with Gasteiger partial charge in [0.15, 0.2) is 0 Å². The molecule has 2 nitrogen and oxygen atoms in total. The lowest BCUT2D eigenvalue weighted by atomic mass is 9.73. The summed E-state index contributed by atoms with van der Waals surface area (Å²) in [6.07, 6.45) is 5.41. The van der Waals surface area contributed by atoms with E-state index in [1.807, 2.05) is 6.07 Å². The van der Waals surface area contributed by atoms with Crippen LogP contribution in [0.15, 0.2) is 24.3 Å². The zero-order valence-electron chi connectivity index (χ0n) is 12.5. The first-order valence-corrected chi connectivity index (χ1v) is 7.55. The Morgan fingerprint density at radius 2 is 2.11 bits per heavy atom. The van der Waals surface area contributed by atoms with E-state index in [9.17, 15) is 0 Å². The van der Waals surface area contributed by atoms with Crippen LogP contribution < -0.4 is 10.1 Å². The molecule has 0 radical (unpaired) electrons. The van der Waals surface area contributed by atoms with Crippen molar-refractivity contribution in [2.45, 2.75) is 45.6 Å². The second-order valence-electron chi connectivity index (χ2n) is 6.07. The van der Waals surface area contributed by atoms with Gasteiger partial charge in [-0.25, -0.2) is 0 Å². The van der Waals surface area contributed by atoms with Crippen LogP contribution in [0, 0.1) is 11.8 Å². The third-order valence-electron chi connectivity index (χ3n) is 4.24. The predicted molar refractivity (Wildman–Crippen MR) is 80.7 cm³/mol. The molecule has 1 N–H and O–H groups in total. The van der Waals surface area contributed by atoms with Crippen LogP contribution >= 0.6 is 0 Å². The van der Waals surface area contributed by atoms with Gasteiger partial charge in [0.05, 0.1) is 7.11 Å². The summed E-state index contributed by atoms with van der Waals surface area (Å²) in [6.45, 7) is 5.59. The van der Waals surface area contributed by atoms with Gasteiger partial charge in [-0.3, -0.25) is 0 Å². The summed E-state index contributed by atoms with van der Waals surface area (Å²) in [5.41, 5.74) is 1.40. The van der Waals surface area contributed by atoms with Crippen LogP contribution in [-0.4, -0.2) is 19.7 Å². The van der Waals surface area contributed by atoms with E-state index in [1.54, 1.807) is 7.11 Å².